The van der Waals surface area contributed by atoms with Gasteiger partial charge in [-0.15, -0.1) is 37.1 Å². The highest BCUT2D eigenvalue weighted by molar-refractivity contribution is 14.0. The van der Waals surface area contributed by atoms with Crippen LogP contribution in [-0.2, 0) is 6.42 Å². The molecule has 9 heteroatoms. The van der Waals surface area contributed by atoms with Gasteiger partial charge in [-0.25, -0.2) is 0 Å². The van der Waals surface area contributed by atoms with E-state index in [1.165, 1.54) is 29.1 Å². The van der Waals surface area contributed by atoms with Crippen LogP contribution in [0, 0.1) is 0 Å². The molecular weight excluding hydrogens is 484 g/mol. The molecule has 3 rings (SSSR count). The monoisotopic (exact) mass is 504 g/mol. The number of para-hydroxylation sites is 3. The maximum atomic E-state index is 12.4. The average Bonchev–Trinajstić information content (AvgIpc) is 3.02. The Balaban J connectivity index is 0.00000280. The zero-order chi connectivity index (χ0) is 19.3. The summed E-state index contributed by atoms with van der Waals surface area (Å²) >= 11 is 0. The number of aromatic amines is 1. The van der Waals surface area contributed by atoms with Gasteiger partial charge < -0.3 is 20.8 Å². The first kappa shape index (κ1) is 21.9. The van der Waals surface area contributed by atoms with E-state index in [9.17, 15) is 13.2 Å². The number of rotatable bonds is 6. The Bertz CT molecular complexity index is 940. The van der Waals surface area contributed by atoms with Gasteiger partial charge in [-0.3, -0.25) is 4.99 Å². The summed E-state index contributed by atoms with van der Waals surface area (Å²) in [5.41, 5.74) is 8.16. The van der Waals surface area contributed by atoms with Crippen LogP contribution in [0.5, 0.6) is 5.75 Å². The molecule has 0 radical (unpaired) electrons. The van der Waals surface area contributed by atoms with Gasteiger partial charge in [-0.1, -0.05) is 30.3 Å². The highest BCUT2D eigenvalue weighted by Gasteiger charge is 2.32. The topological polar surface area (TPSA) is 75.4 Å². The van der Waals surface area contributed by atoms with E-state index in [0.717, 1.165) is 18.4 Å². The second kappa shape index (κ2) is 9.67. The molecule has 2 aromatic carbocycles. The lowest BCUT2D eigenvalue weighted by molar-refractivity contribution is -0.274. The van der Waals surface area contributed by atoms with E-state index in [-0.39, 0.29) is 41.4 Å². The average molecular weight is 504 g/mol. The summed E-state index contributed by atoms with van der Waals surface area (Å²) in [7, 11) is 0. The van der Waals surface area contributed by atoms with Crippen LogP contribution in [0.3, 0.4) is 0 Å². The lowest BCUT2D eigenvalue weighted by Gasteiger charge is -2.14. The molecule has 3 aromatic rings. The molecule has 0 saturated heterocycles. The van der Waals surface area contributed by atoms with E-state index in [4.69, 9.17) is 5.73 Å². The number of nitrogens with one attached hydrogen (secondary N) is 2. The molecular formula is C19H20F3IN4O. The summed E-state index contributed by atoms with van der Waals surface area (Å²) in [4.78, 5) is 7.39. The molecule has 4 N–H and O–H groups in total. The van der Waals surface area contributed by atoms with E-state index in [0.29, 0.717) is 6.54 Å². The number of ether oxygens (including phenoxy) is 1. The summed E-state index contributed by atoms with van der Waals surface area (Å²) in [6.45, 7) is 0.445. The van der Waals surface area contributed by atoms with Gasteiger partial charge in [-0.05, 0) is 36.6 Å². The van der Waals surface area contributed by atoms with Crippen molar-refractivity contribution in [2.75, 3.05) is 11.9 Å². The molecule has 0 saturated carbocycles. The second-order valence-corrected chi connectivity index (χ2v) is 5.90. The molecule has 0 fully saturated rings. The number of nitrogens with zero attached hydrogens (tertiary/aromatic N) is 1. The maximum absolute atomic E-state index is 12.4. The molecule has 0 aliphatic heterocycles. The summed E-state index contributed by atoms with van der Waals surface area (Å²) in [6, 6.07) is 13.7. The van der Waals surface area contributed by atoms with Crippen molar-refractivity contribution in [3.8, 4) is 5.75 Å². The zero-order valence-electron chi connectivity index (χ0n) is 14.8. The number of benzene rings is 2. The van der Waals surface area contributed by atoms with Gasteiger partial charge in [0.15, 0.2) is 11.7 Å². The van der Waals surface area contributed by atoms with Gasteiger partial charge in [0.1, 0.15) is 0 Å². The maximum Gasteiger partial charge on any atom is 0.573 e. The summed E-state index contributed by atoms with van der Waals surface area (Å²) < 4.78 is 41.3. The first-order valence-electron chi connectivity index (χ1n) is 8.39. The highest BCUT2D eigenvalue weighted by Crippen LogP contribution is 2.29. The van der Waals surface area contributed by atoms with Crippen molar-refractivity contribution in [3.05, 3.63) is 60.3 Å². The van der Waals surface area contributed by atoms with Gasteiger partial charge in [0.05, 0.1) is 5.69 Å². The third kappa shape index (κ3) is 6.04. The molecule has 1 aromatic heterocycles. The molecule has 0 unspecified atom stereocenters. The molecule has 0 spiro atoms. The number of fused-ring (bicyclic) bond motifs is 1. The van der Waals surface area contributed by atoms with Crippen molar-refractivity contribution in [3.63, 3.8) is 0 Å². The van der Waals surface area contributed by atoms with Crippen LogP contribution in [0.15, 0.2) is 59.7 Å². The number of aryl methyl sites for hydroxylation is 1. The van der Waals surface area contributed by atoms with Crippen molar-refractivity contribution in [1.29, 1.82) is 0 Å². The van der Waals surface area contributed by atoms with Crippen molar-refractivity contribution >= 4 is 46.5 Å². The summed E-state index contributed by atoms with van der Waals surface area (Å²) in [5.74, 6) is -0.325. The molecule has 0 aliphatic rings. The Morgan fingerprint density at radius 3 is 2.61 bits per heavy atom. The van der Waals surface area contributed by atoms with Crippen LogP contribution in [0.25, 0.3) is 10.9 Å². The minimum absolute atomic E-state index is 0. The normalized spacial score (nSPS) is 11.9. The van der Waals surface area contributed by atoms with Crippen LogP contribution in [0.4, 0.5) is 18.9 Å². The molecule has 0 amide bonds. The Morgan fingerprint density at radius 2 is 1.82 bits per heavy atom. The molecule has 1 heterocycles. The number of anilines is 1. The minimum Gasteiger partial charge on any atom is -0.404 e. The molecule has 0 bridgehead atoms. The number of halogens is 4. The Labute approximate surface area is 177 Å². The quantitative estimate of drug-likeness (QED) is 0.191. The van der Waals surface area contributed by atoms with Gasteiger partial charge in [0.25, 0.3) is 0 Å². The predicted molar refractivity (Wildman–Crippen MR) is 115 cm³/mol. The van der Waals surface area contributed by atoms with Crippen LogP contribution in [0.2, 0.25) is 0 Å². The number of guanidine groups is 1. The number of aromatic nitrogens is 1. The van der Waals surface area contributed by atoms with Gasteiger partial charge in [0.2, 0.25) is 0 Å². The van der Waals surface area contributed by atoms with E-state index in [2.05, 4.69) is 26.1 Å². The van der Waals surface area contributed by atoms with E-state index < -0.39 is 6.36 Å². The summed E-state index contributed by atoms with van der Waals surface area (Å²) in [6.07, 6.45) is -1.23. The number of hydrogen-bond donors (Lipinski definition) is 3. The van der Waals surface area contributed by atoms with Crippen LogP contribution < -0.4 is 15.8 Å². The van der Waals surface area contributed by atoms with Crippen molar-refractivity contribution in [1.82, 2.24) is 4.98 Å². The smallest absolute Gasteiger partial charge is 0.404 e. The van der Waals surface area contributed by atoms with E-state index in [1.807, 2.05) is 24.4 Å². The van der Waals surface area contributed by atoms with Crippen molar-refractivity contribution in [2.45, 2.75) is 19.2 Å². The van der Waals surface area contributed by atoms with Gasteiger partial charge in [-0.2, -0.15) is 0 Å². The van der Waals surface area contributed by atoms with Crippen LogP contribution in [0.1, 0.15) is 12.0 Å². The third-order valence-electron chi connectivity index (χ3n) is 3.94. The van der Waals surface area contributed by atoms with Crippen LogP contribution >= 0.6 is 24.0 Å². The number of H-pyrrole nitrogens is 1. The Kier molecular flexibility index (Phi) is 7.55. The predicted octanol–water partition coefficient (Wildman–Crippen LogP) is 5.04. The second-order valence-electron chi connectivity index (χ2n) is 5.90. The number of nitrogens with two attached hydrogens (primary N) is 1. The fourth-order valence-electron chi connectivity index (χ4n) is 2.77. The van der Waals surface area contributed by atoms with E-state index in [1.54, 1.807) is 6.07 Å². The Hall–Kier alpha value is -2.43. The van der Waals surface area contributed by atoms with Crippen molar-refractivity contribution in [2.24, 2.45) is 10.7 Å². The molecule has 0 atom stereocenters. The van der Waals surface area contributed by atoms with Crippen LogP contribution in [-0.4, -0.2) is 23.9 Å². The SMILES string of the molecule is I.NC(=NCCCc1c[nH]c2ccccc12)Nc1ccccc1OC(F)(F)F. The molecule has 28 heavy (non-hydrogen) atoms. The molecule has 0 aliphatic carbocycles. The number of aliphatic imine (C=N–C) groups is 1. The highest BCUT2D eigenvalue weighted by atomic mass is 127. The minimum atomic E-state index is -4.77. The Morgan fingerprint density at radius 1 is 1.11 bits per heavy atom. The fourth-order valence-corrected chi connectivity index (χ4v) is 2.77. The van der Waals surface area contributed by atoms with Gasteiger partial charge >= 0.3 is 6.36 Å². The zero-order valence-corrected chi connectivity index (χ0v) is 17.1. The lowest BCUT2D eigenvalue weighted by atomic mass is 10.1. The third-order valence-corrected chi connectivity index (χ3v) is 3.94. The molecule has 150 valence electrons. The summed E-state index contributed by atoms with van der Waals surface area (Å²) in [5, 5.41) is 3.83. The largest absolute Gasteiger partial charge is 0.573 e. The van der Waals surface area contributed by atoms with Gasteiger partial charge in [0, 0.05) is 23.6 Å². The number of hydrogen-bond acceptors (Lipinski definition) is 2. The fraction of sp³-hybridized carbons (Fsp3) is 0.211. The lowest BCUT2D eigenvalue weighted by Crippen LogP contribution is -2.24. The first-order chi connectivity index (χ1) is 12.9. The number of alkyl halides is 3. The first-order valence-corrected chi connectivity index (χ1v) is 8.39. The van der Waals surface area contributed by atoms with E-state index >= 15 is 0 Å². The van der Waals surface area contributed by atoms with Crippen molar-refractivity contribution < 1.29 is 17.9 Å². The standard InChI is InChI=1S/C19H19F3N4O.HI/c20-19(21,22)27-17-10-4-3-9-16(17)26-18(23)24-11-5-6-13-12-25-15-8-2-1-7-14(13)15;/h1-4,7-10,12,25H,5-6,11H2,(H3,23,24,26);1H. The molecule has 5 nitrogen and oxygen atoms in total.